The molecule has 3 aromatic rings. The van der Waals surface area contributed by atoms with Gasteiger partial charge >= 0.3 is 0 Å². The highest BCUT2D eigenvalue weighted by Crippen LogP contribution is 2.33. The molecule has 0 aliphatic carbocycles. The van der Waals surface area contributed by atoms with Crippen LogP contribution in [0, 0.1) is 0 Å². The standard InChI is InChI=1S/C19H18N2O3S/c1-13-9-15-10-14(3-8-19(15)24-13)18-11-20-12-21(18)16-4-6-17(7-5-16)25(2,22)23/h3-8,10-13H,9H2,1-2H3. The Balaban J connectivity index is 1.73. The van der Waals surface area contributed by atoms with Crippen LogP contribution in [0.5, 0.6) is 5.75 Å². The van der Waals surface area contributed by atoms with Crippen molar-refractivity contribution in [1.82, 2.24) is 9.55 Å². The van der Waals surface area contributed by atoms with Crippen LogP contribution in [0.2, 0.25) is 0 Å². The van der Waals surface area contributed by atoms with E-state index >= 15 is 0 Å². The fourth-order valence-corrected chi connectivity index (χ4v) is 3.78. The van der Waals surface area contributed by atoms with Crippen LogP contribution in [0.25, 0.3) is 16.9 Å². The normalized spacial score (nSPS) is 16.5. The lowest BCUT2D eigenvalue weighted by atomic mass is 10.0. The van der Waals surface area contributed by atoms with Gasteiger partial charge in [-0.05, 0) is 55.0 Å². The number of aromatic nitrogens is 2. The van der Waals surface area contributed by atoms with Gasteiger partial charge in [0.05, 0.1) is 23.1 Å². The van der Waals surface area contributed by atoms with Gasteiger partial charge in [-0.3, -0.25) is 4.57 Å². The predicted molar refractivity (Wildman–Crippen MR) is 95.9 cm³/mol. The van der Waals surface area contributed by atoms with Gasteiger partial charge in [-0.2, -0.15) is 0 Å². The van der Waals surface area contributed by atoms with Gasteiger partial charge in [0.1, 0.15) is 11.9 Å². The minimum atomic E-state index is -3.20. The molecule has 25 heavy (non-hydrogen) atoms. The molecule has 5 nitrogen and oxygen atoms in total. The van der Waals surface area contributed by atoms with Crippen molar-refractivity contribution in [2.45, 2.75) is 24.3 Å². The average Bonchev–Trinajstić information content (AvgIpc) is 3.18. The Kier molecular flexibility index (Phi) is 3.65. The molecule has 0 spiro atoms. The van der Waals surface area contributed by atoms with Crippen molar-refractivity contribution in [3.05, 3.63) is 60.6 Å². The van der Waals surface area contributed by atoms with E-state index in [0.29, 0.717) is 4.90 Å². The lowest BCUT2D eigenvalue weighted by Crippen LogP contribution is -2.05. The number of sulfone groups is 1. The molecule has 4 rings (SSSR count). The van der Waals surface area contributed by atoms with Crippen molar-refractivity contribution in [3.63, 3.8) is 0 Å². The molecule has 6 heteroatoms. The van der Waals surface area contributed by atoms with Crippen LogP contribution in [-0.4, -0.2) is 30.3 Å². The number of hydrogen-bond donors (Lipinski definition) is 0. The molecule has 0 bridgehead atoms. The lowest BCUT2D eigenvalue weighted by Gasteiger charge is -2.10. The van der Waals surface area contributed by atoms with E-state index in [0.717, 1.165) is 29.1 Å². The summed E-state index contributed by atoms with van der Waals surface area (Å²) in [5.74, 6) is 0.944. The molecule has 1 aromatic heterocycles. The first-order valence-corrected chi connectivity index (χ1v) is 9.94. The van der Waals surface area contributed by atoms with Gasteiger partial charge in [0, 0.05) is 23.9 Å². The van der Waals surface area contributed by atoms with E-state index in [1.54, 1.807) is 30.6 Å². The fourth-order valence-electron chi connectivity index (χ4n) is 3.15. The van der Waals surface area contributed by atoms with Crippen LogP contribution in [-0.2, 0) is 16.3 Å². The van der Waals surface area contributed by atoms with Crippen molar-refractivity contribution in [2.75, 3.05) is 6.26 Å². The maximum absolute atomic E-state index is 11.6. The Morgan fingerprint density at radius 2 is 1.92 bits per heavy atom. The summed E-state index contributed by atoms with van der Waals surface area (Å²) < 4.78 is 31.0. The molecule has 2 aromatic carbocycles. The van der Waals surface area contributed by atoms with Crippen LogP contribution >= 0.6 is 0 Å². The average molecular weight is 354 g/mol. The van der Waals surface area contributed by atoms with Gasteiger partial charge in [-0.25, -0.2) is 13.4 Å². The number of nitrogens with zero attached hydrogens (tertiary/aromatic N) is 2. The molecule has 0 fully saturated rings. The molecule has 1 aliphatic heterocycles. The summed E-state index contributed by atoms with van der Waals surface area (Å²) >= 11 is 0. The van der Waals surface area contributed by atoms with E-state index in [4.69, 9.17) is 4.74 Å². The van der Waals surface area contributed by atoms with Crippen molar-refractivity contribution in [1.29, 1.82) is 0 Å². The maximum Gasteiger partial charge on any atom is 0.175 e. The number of ether oxygens (including phenoxy) is 1. The quantitative estimate of drug-likeness (QED) is 0.724. The third-order valence-corrected chi connectivity index (χ3v) is 5.50. The zero-order chi connectivity index (χ0) is 17.6. The summed E-state index contributed by atoms with van der Waals surface area (Å²) in [4.78, 5) is 4.58. The second-order valence-electron chi connectivity index (χ2n) is 6.37. The first kappa shape index (κ1) is 15.9. The molecule has 1 unspecified atom stereocenters. The number of hydrogen-bond acceptors (Lipinski definition) is 4. The van der Waals surface area contributed by atoms with Gasteiger partial charge in [0.25, 0.3) is 0 Å². The molecule has 0 saturated carbocycles. The summed E-state index contributed by atoms with van der Waals surface area (Å²) in [6.07, 6.45) is 5.86. The zero-order valence-electron chi connectivity index (χ0n) is 14.0. The van der Waals surface area contributed by atoms with E-state index < -0.39 is 9.84 Å². The molecular weight excluding hydrogens is 336 g/mol. The predicted octanol–water partition coefficient (Wildman–Crippen LogP) is 3.27. The summed E-state index contributed by atoms with van der Waals surface area (Å²) in [6, 6.07) is 13.0. The number of rotatable bonds is 3. The third-order valence-electron chi connectivity index (χ3n) is 4.37. The molecule has 1 aliphatic rings. The Labute approximate surface area is 146 Å². The van der Waals surface area contributed by atoms with Crippen LogP contribution in [0.15, 0.2) is 59.9 Å². The molecule has 0 amide bonds. The topological polar surface area (TPSA) is 61.2 Å². The van der Waals surface area contributed by atoms with Crippen LogP contribution in [0.3, 0.4) is 0 Å². The molecule has 128 valence electrons. The van der Waals surface area contributed by atoms with Gasteiger partial charge in [-0.1, -0.05) is 0 Å². The van der Waals surface area contributed by atoms with Crippen molar-refractivity contribution in [2.24, 2.45) is 0 Å². The van der Waals surface area contributed by atoms with Crippen LogP contribution < -0.4 is 4.74 Å². The maximum atomic E-state index is 11.6. The minimum absolute atomic E-state index is 0.207. The van der Waals surface area contributed by atoms with Crippen molar-refractivity contribution >= 4 is 9.84 Å². The molecule has 2 heterocycles. The van der Waals surface area contributed by atoms with E-state index in [9.17, 15) is 8.42 Å². The Morgan fingerprint density at radius 3 is 2.64 bits per heavy atom. The first-order chi connectivity index (χ1) is 11.9. The van der Waals surface area contributed by atoms with Gasteiger partial charge in [0.2, 0.25) is 0 Å². The SMILES string of the molecule is CC1Cc2cc(-c3cncn3-c3ccc(S(C)(=O)=O)cc3)ccc2O1. The Bertz CT molecular complexity index is 1040. The number of fused-ring (bicyclic) bond motifs is 1. The molecular formula is C19H18N2O3S. The van der Waals surface area contributed by atoms with Crippen LogP contribution in [0.4, 0.5) is 0 Å². The van der Waals surface area contributed by atoms with Crippen molar-refractivity contribution in [3.8, 4) is 22.7 Å². The first-order valence-electron chi connectivity index (χ1n) is 8.04. The highest BCUT2D eigenvalue weighted by Gasteiger charge is 2.20. The van der Waals surface area contributed by atoms with Gasteiger partial charge in [0.15, 0.2) is 9.84 Å². The van der Waals surface area contributed by atoms with E-state index in [-0.39, 0.29) is 6.10 Å². The second kappa shape index (κ2) is 5.74. The molecule has 0 radical (unpaired) electrons. The third kappa shape index (κ3) is 2.93. The Hall–Kier alpha value is -2.60. The van der Waals surface area contributed by atoms with Gasteiger partial charge < -0.3 is 4.74 Å². The lowest BCUT2D eigenvalue weighted by molar-refractivity contribution is 0.254. The van der Waals surface area contributed by atoms with E-state index in [1.165, 1.54) is 11.8 Å². The minimum Gasteiger partial charge on any atom is -0.490 e. The monoisotopic (exact) mass is 354 g/mol. The zero-order valence-corrected chi connectivity index (χ0v) is 14.8. The Morgan fingerprint density at radius 1 is 1.16 bits per heavy atom. The number of benzene rings is 2. The highest BCUT2D eigenvalue weighted by atomic mass is 32.2. The van der Waals surface area contributed by atoms with Gasteiger partial charge in [-0.15, -0.1) is 0 Å². The van der Waals surface area contributed by atoms with E-state index in [2.05, 4.69) is 18.0 Å². The largest absolute Gasteiger partial charge is 0.490 e. The summed E-state index contributed by atoms with van der Waals surface area (Å²) in [5, 5.41) is 0. The number of imidazole rings is 1. The highest BCUT2D eigenvalue weighted by molar-refractivity contribution is 7.90. The summed E-state index contributed by atoms with van der Waals surface area (Å²) in [6.45, 7) is 2.06. The second-order valence-corrected chi connectivity index (χ2v) is 8.39. The molecule has 0 N–H and O–H groups in total. The van der Waals surface area contributed by atoms with Crippen LogP contribution in [0.1, 0.15) is 12.5 Å². The van der Waals surface area contributed by atoms with E-state index in [1.807, 2.05) is 22.9 Å². The fraction of sp³-hybridized carbons (Fsp3) is 0.211. The summed E-state index contributed by atoms with van der Waals surface area (Å²) in [5.41, 5.74) is 4.07. The smallest absolute Gasteiger partial charge is 0.175 e. The summed E-state index contributed by atoms with van der Waals surface area (Å²) in [7, 11) is -3.20. The molecule has 1 atom stereocenters. The molecule has 0 saturated heterocycles. The van der Waals surface area contributed by atoms with Crippen molar-refractivity contribution < 1.29 is 13.2 Å².